The van der Waals surface area contributed by atoms with E-state index in [9.17, 15) is 24.0 Å². The maximum absolute atomic E-state index is 14.4. The molecule has 0 saturated heterocycles. The number of amides is 4. The fourth-order valence-corrected chi connectivity index (χ4v) is 5.07. The van der Waals surface area contributed by atoms with E-state index < -0.39 is 65.5 Å². The second-order valence-electron chi connectivity index (χ2n) is 13.8. The Morgan fingerprint density at radius 1 is 0.848 bits per heavy atom. The molecular formula is C35H48N4O7. The van der Waals surface area contributed by atoms with Crippen molar-refractivity contribution >= 4 is 29.8 Å². The van der Waals surface area contributed by atoms with E-state index in [1.165, 1.54) is 4.90 Å². The van der Waals surface area contributed by atoms with Crippen LogP contribution in [0.25, 0.3) is 0 Å². The smallest absolute Gasteiger partial charge is 0.408 e. The van der Waals surface area contributed by atoms with E-state index >= 15 is 0 Å². The molecule has 3 rings (SSSR count). The van der Waals surface area contributed by atoms with Gasteiger partial charge < -0.3 is 30.7 Å². The molecule has 0 spiro atoms. The molecule has 2 aromatic carbocycles. The van der Waals surface area contributed by atoms with Crippen molar-refractivity contribution < 1.29 is 33.4 Å². The predicted molar refractivity (Wildman–Crippen MR) is 173 cm³/mol. The van der Waals surface area contributed by atoms with E-state index in [1.54, 1.807) is 53.7 Å². The van der Waals surface area contributed by atoms with Crippen molar-refractivity contribution in [1.82, 2.24) is 15.5 Å². The third-order valence-electron chi connectivity index (χ3n) is 7.33. The molecule has 11 heteroatoms. The molecule has 1 fully saturated rings. The Labute approximate surface area is 271 Å². The molecule has 0 radical (unpaired) electrons. The second kappa shape index (κ2) is 15.2. The molecule has 3 atom stereocenters. The SMILES string of the molecule is Cc1ccc(C(C(=O)NC(Cc2ccccc2)C(=O)OC(C)(C)C)N(C(=O)C(CC(N)=O)NC(=O)OC(C)(C)C)C2CCC2)cc1. The van der Waals surface area contributed by atoms with Gasteiger partial charge in [0.2, 0.25) is 17.7 Å². The van der Waals surface area contributed by atoms with Gasteiger partial charge in [-0.05, 0) is 78.9 Å². The summed E-state index contributed by atoms with van der Waals surface area (Å²) >= 11 is 0. The first-order valence-corrected chi connectivity index (χ1v) is 15.7. The van der Waals surface area contributed by atoms with Crippen LogP contribution >= 0.6 is 0 Å². The molecule has 3 unspecified atom stereocenters. The Balaban J connectivity index is 2.06. The van der Waals surface area contributed by atoms with Gasteiger partial charge in [0.25, 0.3) is 0 Å². The fraction of sp³-hybridized carbons (Fsp3) is 0.514. The molecule has 1 aliphatic rings. The highest BCUT2D eigenvalue weighted by Crippen LogP contribution is 2.34. The maximum atomic E-state index is 14.4. The number of alkyl carbamates (subject to hydrolysis) is 1. The molecule has 1 saturated carbocycles. The molecule has 250 valence electrons. The number of rotatable bonds is 12. The predicted octanol–water partition coefficient (Wildman–Crippen LogP) is 4.26. The van der Waals surface area contributed by atoms with Crippen LogP contribution in [0.15, 0.2) is 54.6 Å². The molecule has 2 aromatic rings. The average molecular weight is 637 g/mol. The third kappa shape index (κ3) is 10.9. The first kappa shape index (κ1) is 36.1. The minimum atomic E-state index is -1.39. The summed E-state index contributed by atoms with van der Waals surface area (Å²) in [6.45, 7) is 12.2. The number of carbonyl (C=O) groups is 5. The Kier molecular flexibility index (Phi) is 12.0. The van der Waals surface area contributed by atoms with Gasteiger partial charge in [0, 0.05) is 12.5 Å². The molecule has 0 heterocycles. The number of esters is 1. The lowest BCUT2D eigenvalue weighted by molar-refractivity contribution is -0.159. The zero-order valence-electron chi connectivity index (χ0n) is 27.9. The molecule has 0 aromatic heterocycles. The third-order valence-corrected chi connectivity index (χ3v) is 7.33. The van der Waals surface area contributed by atoms with E-state index in [-0.39, 0.29) is 12.5 Å². The van der Waals surface area contributed by atoms with Crippen LogP contribution in [-0.2, 0) is 35.1 Å². The minimum absolute atomic E-state index is 0.157. The van der Waals surface area contributed by atoms with Crippen LogP contribution in [0.3, 0.4) is 0 Å². The van der Waals surface area contributed by atoms with Gasteiger partial charge in [-0.3, -0.25) is 14.4 Å². The Morgan fingerprint density at radius 2 is 1.43 bits per heavy atom. The van der Waals surface area contributed by atoms with Gasteiger partial charge in [0.1, 0.15) is 29.3 Å². The van der Waals surface area contributed by atoms with E-state index in [0.717, 1.165) is 17.5 Å². The zero-order valence-corrected chi connectivity index (χ0v) is 27.9. The van der Waals surface area contributed by atoms with Gasteiger partial charge in [-0.25, -0.2) is 9.59 Å². The monoisotopic (exact) mass is 636 g/mol. The van der Waals surface area contributed by atoms with Gasteiger partial charge in [0.05, 0.1) is 6.42 Å². The van der Waals surface area contributed by atoms with Crippen LogP contribution in [-0.4, -0.2) is 64.0 Å². The van der Waals surface area contributed by atoms with E-state index in [0.29, 0.717) is 18.4 Å². The summed E-state index contributed by atoms with van der Waals surface area (Å²) in [5.41, 5.74) is 6.09. The molecule has 1 aliphatic carbocycles. The molecular weight excluding hydrogens is 588 g/mol. The Bertz CT molecular complexity index is 1380. The quantitative estimate of drug-likeness (QED) is 0.294. The summed E-state index contributed by atoms with van der Waals surface area (Å²) in [6.07, 6.45) is 0.797. The lowest BCUT2D eigenvalue weighted by Gasteiger charge is -2.43. The molecule has 0 aliphatic heterocycles. The van der Waals surface area contributed by atoms with Crippen LogP contribution < -0.4 is 16.4 Å². The van der Waals surface area contributed by atoms with Gasteiger partial charge in [-0.15, -0.1) is 0 Å². The molecule has 0 bridgehead atoms. The molecule has 4 amide bonds. The van der Waals surface area contributed by atoms with Crippen molar-refractivity contribution in [2.24, 2.45) is 5.73 Å². The highest BCUT2D eigenvalue weighted by atomic mass is 16.6. The number of nitrogens with one attached hydrogen (secondary N) is 2. The number of primary amides is 1. The number of ether oxygens (including phenoxy) is 2. The van der Waals surface area contributed by atoms with Crippen molar-refractivity contribution in [3.05, 3.63) is 71.3 Å². The number of hydrogen-bond donors (Lipinski definition) is 3. The van der Waals surface area contributed by atoms with Crippen LogP contribution in [0.4, 0.5) is 4.79 Å². The van der Waals surface area contributed by atoms with Gasteiger partial charge in [-0.1, -0.05) is 60.2 Å². The number of carbonyl (C=O) groups excluding carboxylic acids is 5. The van der Waals surface area contributed by atoms with Crippen LogP contribution in [0.1, 0.15) is 90.0 Å². The number of aryl methyl sites for hydroxylation is 1. The lowest BCUT2D eigenvalue weighted by Crippen LogP contribution is -2.59. The topological polar surface area (TPSA) is 157 Å². The van der Waals surface area contributed by atoms with Crippen LogP contribution in [0.2, 0.25) is 0 Å². The first-order chi connectivity index (χ1) is 21.4. The van der Waals surface area contributed by atoms with Crippen molar-refractivity contribution in [2.45, 2.75) is 116 Å². The largest absolute Gasteiger partial charge is 0.458 e. The van der Waals surface area contributed by atoms with Gasteiger partial charge in [0.15, 0.2) is 0 Å². The first-order valence-electron chi connectivity index (χ1n) is 15.7. The summed E-state index contributed by atoms with van der Waals surface area (Å²) in [5.74, 6) is -2.70. The lowest BCUT2D eigenvalue weighted by atomic mass is 9.87. The number of hydrogen-bond acceptors (Lipinski definition) is 7. The summed E-state index contributed by atoms with van der Waals surface area (Å²) in [7, 11) is 0. The number of nitrogens with two attached hydrogens (primary N) is 1. The summed E-state index contributed by atoms with van der Waals surface area (Å²) in [6, 6.07) is 12.4. The Hall–Kier alpha value is -4.41. The number of benzene rings is 2. The summed E-state index contributed by atoms with van der Waals surface area (Å²) < 4.78 is 11.0. The van der Waals surface area contributed by atoms with E-state index in [4.69, 9.17) is 15.2 Å². The van der Waals surface area contributed by atoms with E-state index in [1.807, 2.05) is 49.4 Å². The second-order valence-corrected chi connectivity index (χ2v) is 13.8. The van der Waals surface area contributed by atoms with Gasteiger partial charge >= 0.3 is 12.1 Å². The summed E-state index contributed by atoms with van der Waals surface area (Å²) in [4.78, 5) is 68.5. The van der Waals surface area contributed by atoms with Crippen LogP contribution in [0.5, 0.6) is 0 Å². The molecule has 11 nitrogen and oxygen atoms in total. The molecule has 4 N–H and O–H groups in total. The zero-order chi connectivity index (χ0) is 34.2. The maximum Gasteiger partial charge on any atom is 0.408 e. The van der Waals surface area contributed by atoms with Crippen LogP contribution in [0, 0.1) is 6.92 Å². The average Bonchev–Trinajstić information content (AvgIpc) is 2.90. The van der Waals surface area contributed by atoms with Crippen molar-refractivity contribution in [3.63, 3.8) is 0 Å². The fourth-order valence-electron chi connectivity index (χ4n) is 5.07. The standard InChI is InChI=1S/C35H48N4O7/c1-22-16-18-24(19-17-22)29(30(41)37-27(32(43)45-34(2,3)4)20-23-12-9-8-10-13-23)39(25-14-11-15-25)31(42)26(21-28(36)40)38-33(44)46-35(5,6)7/h8-10,12-13,16-19,25-27,29H,11,14-15,20-21H2,1-7H3,(H2,36,40)(H,37,41)(H,38,44). The van der Waals surface area contributed by atoms with Crippen molar-refractivity contribution in [2.75, 3.05) is 0 Å². The van der Waals surface area contributed by atoms with Crippen molar-refractivity contribution in [3.8, 4) is 0 Å². The van der Waals surface area contributed by atoms with E-state index in [2.05, 4.69) is 10.6 Å². The normalized spacial score (nSPS) is 15.4. The van der Waals surface area contributed by atoms with Gasteiger partial charge in [-0.2, -0.15) is 0 Å². The minimum Gasteiger partial charge on any atom is -0.458 e. The summed E-state index contributed by atoms with van der Waals surface area (Å²) in [5, 5.41) is 5.38. The highest BCUT2D eigenvalue weighted by molar-refractivity contribution is 5.96. The van der Waals surface area contributed by atoms with Crippen molar-refractivity contribution in [1.29, 1.82) is 0 Å². The Morgan fingerprint density at radius 3 is 1.93 bits per heavy atom. The highest BCUT2D eigenvalue weighted by Gasteiger charge is 2.43. The number of nitrogens with zero attached hydrogens (tertiary/aromatic N) is 1. The molecule has 46 heavy (non-hydrogen) atoms.